The summed E-state index contributed by atoms with van der Waals surface area (Å²) in [5, 5.41) is 6.50. The van der Waals surface area contributed by atoms with Crippen LogP contribution in [0.25, 0.3) is 10.2 Å². The van der Waals surface area contributed by atoms with Crippen molar-refractivity contribution in [3.63, 3.8) is 0 Å². The van der Waals surface area contributed by atoms with Crippen LogP contribution in [0.4, 0.5) is 17.6 Å². The summed E-state index contributed by atoms with van der Waals surface area (Å²) in [6.45, 7) is 2.85. The molecular weight excluding hydrogens is 372 g/mol. The SMILES string of the molecule is COc1nc(NCC(C)c2ccccc2)nc(Nc2ccc3ncsc3c2)n1. The van der Waals surface area contributed by atoms with E-state index in [4.69, 9.17) is 4.74 Å². The van der Waals surface area contributed by atoms with Gasteiger partial charge in [-0.1, -0.05) is 37.3 Å². The highest BCUT2D eigenvalue weighted by Gasteiger charge is 2.10. The van der Waals surface area contributed by atoms with Crippen LogP contribution >= 0.6 is 11.3 Å². The van der Waals surface area contributed by atoms with Crippen LogP contribution in [-0.4, -0.2) is 33.6 Å². The van der Waals surface area contributed by atoms with Crippen LogP contribution in [0.1, 0.15) is 18.4 Å². The third kappa shape index (κ3) is 4.17. The Kier molecular flexibility index (Phi) is 5.29. The highest BCUT2D eigenvalue weighted by molar-refractivity contribution is 7.16. The lowest BCUT2D eigenvalue weighted by Crippen LogP contribution is -2.13. The summed E-state index contributed by atoms with van der Waals surface area (Å²) in [5.41, 5.74) is 4.94. The first-order chi connectivity index (χ1) is 13.7. The van der Waals surface area contributed by atoms with E-state index >= 15 is 0 Å². The molecule has 4 aromatic rings. The minimum atomic E-state index is 0.256. The van der Waals surface area contributed by atoms with E-state index in [9.17, 15) is 0 Å². The molecule has 4 rings (SSSR count). The largest absolute Gasteiger partial charge is 0.467 e. The molecule has 0 aliphatic heterocycles. The molecule has 7 nitrogen and oxygen atoms in total. The number of nitrogens with zero attached hydrogens (tertiary/aromatic N) is 4. The molecule has 2 N–H and O–H groups in total. The number of fused-ring (bicyclic) bond motifs is 1. The van der Waals surface area contributed by atoms with Crippen LogP contribution in [-0.2, 0) is 0 Å². The van der Waals surface area contributed by atoms with Crippen LogP contribution in [0, 0.1) is 0 Å². The maximum absolute atomic E-state index is 5.23. The third-order valence-electron chi connectivity index (χ3n) is 4.32. The minimum absolute atomic E-state index is 0.256. The number of benzene rings is 2. The Balaban J connectivity index is 1.50. The lowest BCUT2D eigenvalue weighted by molar-refractivity contribution is 0.379. The molecule has 0 fully saturated rings. The summed E-state index contributed by atoms with van der Waals surface area (Å²) >= 11 is 1.59. The van der Waals surface area contributed by atoms with E-state index in [1.54, 1.807) is 18.4 Å². The molecule has 2 heterocycles. The number of hydrogen-bond donors (Lipinski definition) is 2. The molecule has 0 saturated heterocycles. The molecule has 2 aromatic carbocycles. The van der Waals surface area contributed by atoms with Crippen LogP contribution in [0.3, 0.4) is 0 Å². The van der Waals surface area contributed by atoms with E-state index in [2.05, 4.69) is 49.6 Å². The Bertz CT molecular complexity index is 1070. The predicted molar refractivity (Wildman–Crippen MR) is 113 cm³/mol. The molecule has 2 aromatic heterocycles. The summed E-state index contributed by atoms with van der Waals surface area (Å²) < 4.78 is 6.33. The molecule has 0 aliphatic carbocycles. The maximum atomic E-state index is 5.23. The molecule has 142 valence electrons. The van der Waals surface area contributed by atoms with E-state index in [-0.39, 0.29) is 6.01 Å². The quantitative estimate of drug-likeness (QED) is 0.481. The van der Waals surface area contributed by atoms with Crippen molar-refractivity contribution in [3.8, 4) is 6.01 Å². The Morgan fingerprint density at radius 3 is 2.68 bits per heavy atom. The second-order valence-electron chi connectivity index (χ2n) is 6.32. The molecule has 0 bridgehead atoms. The monoisotopic (exact) mass is 392 g/mol. The number of hydrogen-bond acceptors (Lipinski definition) is 8. The average Bonchev–Trinajstić information content (AvgIpc) is 3.20. The highest BCUT2D eigenvalue weighted by Crippen LogP contribution is 2.24. The fraction of sp³-hybridized carbons (Fsp3) is 0.200. The van der Waals surface area contributed by atoms with Crippen LogP contribution < -0.4 is 15.4 Å². The van der Waals surface area contributed by atoms with Crippen molar-refractivity contribution in [3.05, 3.63) is 59.6 Å². The summed E-state index contributed by atoms with van der Waals surface area (Å²) in [7, 11) is 1.54. The first-order valence-electron chi connectivity index (χ1n) is 8.90. The summed E-state index contributed by atoms with van der Waals surface area (Å²) in [6, 6.07) is 16.5. The molecule has 0 aliphatic rings. The highest BCUT2D eigenvalue weighted by atomic mass is 32.1. The van der Waals surface area contributed by atoms with E-state index in [0.717, 1.165) is 15.9 Å². The van der Waals surface area contributed by atoms with Gasteiger partial charge < -0.3 is 15.4 Å². The van der Waals surface area contributed by atoms with Crippen LogP contribution in [0.15, 0.2) is 54.0 Å². The number of rotatable bonds is 7. The van der Waals surface area contributed by atoms with Gasteiger partial charge in [0.25, 0.3) is 0 Å². The average molecular weight is 392 g/mol. The van der Waals surface area contributed by atoms with Crippen molar-refractivity contribution in [2.75, 3.05) is 24.3 Å². The lowest BCUT2D eigenvalue weighted by Gasteiger charge is -2.14. The van der Waals surface area contributed by atoms with Gasteiger partial charge in [0.2, 0.25) is 11.9 Å². The van der Waals surface area contributed by atoms with Gasteiger partial charge in [-0.2, -0.15) is 15.0 Å². The second kappa shape index (κ2) is 8.18. The van der Waals surface area contributed by atoms with Crippen molar-refractivity contribution in [2.24, 2.45) is 0 Å². The van der Waals surface area contributed by atoms with E-state index in [0.29, 0.717) is 24.4 Å². The summed E-state index contributed by atoms with van der Waals surface area (Å²) in [4.78, 5) is 17.4. The molecule has 0 spiro atoms. The summed E-state index contributed by atoms with van der Waals surface area (Å²) in [6.07, 6.45) is 0. The van der Waals surface area contributed by atoms with Crippen LogP contribution in [0.2, 0.25) is 0 Å². The van der Waals surface area contributed by atoms with Gasteiger partial charge in [0.1, 0.15) is 0 Å². The summed E-state index contributed by atoms with van der Waals surface area (Å²) in [5.74, 6) is 1.20. The Labute approximate surface area is 166 Å². The van der Waals surface area contributed by atoms with E-state index < -0.39 is 0 Å². The van der Waals surface area contributed by atoms with Crippen molar-refractivity contribution < 1.29 is 4.74 Å². The standard InChI is InChI=1S/C20H20N6OS/c1-13(14-6-4-3-5-7-14)11-21-18-24-19(26-20(25-18)27-2)23-15-8-9-16-17(10-15)28-12-22-16/h3-10,12-13H,11H2,1-2H3,(H2,21,23,24,25,26). The van der Waals surface area contributed by atoms with Gasteiger partial charge in [0.05, 0.1) is 22.8 Å². The van der Waals surface area contributed by atoms with E-state index in [1.807, 2.05) is 41.9 Å². The van der Waals surface area contributed by atoms with Gasteiger partial charge in [-0.15, -0.1) is 11.3 Å². The number of anilines is 3. The van der Waals surface area contributed by atoms with Crippen molar-refractivity contribution in [1.82, 2.24) is 19.9 Å². The third-order valence-corrected chi connectivity index (χ3v) is 5.11. The van der Waals surface area contributed by atoms with Crippen LogP contribution in [0.5, 0.6) is 6.01 Å². The Hall–Kier alpha value is -3.26. The number of methoxy groups -OCH3 is 1. The van der Waals surface area contributed by atoms with Crippen molar-refractivity contribution in [1.29, 1.82) is 0 Å². The molecule has 0 saturated carbocycles. The normalized spacial score (nSPS) is 11.9. The fourth-order valence-corrected chi connectivity index (χ4v) is 3.50. The number of aromatic nitrogens is 4. The smallest absolute Gasteiger partial charge is 0.322 e. The molecule has 0 amide bonds. The molecule has 1 unspecified atom stereocenters. The number of ether oxygens (including phenoxy) is 1. The fourth-order valence-electron chi connectivity index (χ4n) is 2.79. The Morgan fingerprint density at radius 2 is 1.86 bits per heavy atom. The molecular formula is C20H20N6OS. The lowest BCUT2D eigenvalue weighted by atomic mass is 10.0. The molecule has 0 radical (unpaired) electrons. The van der Waals surface area contributed by atoms with Gasteiger partial charge in [0.15, 0.2) is 0 Å². The zero-order valence-corrected chi connectivity index (χ0v) is 16.4. The van der Waals surface area contributed by atoms with Gasteiger partial charge in [-0.3, -0.25) is 0 Å². The van der Waals surface area contributed by atoms with Gasteiger partial charge in [0, 0.05) is 12.2 Å². The van der Waals surface area contributed by atoms with E-state index in [1.165, 1.54) is 5.56 Å². The van der Waals surface area contributed by atoms with Gasteiger partial charge >= 0.3 is 6.01 Å². The van der Waals surface area contributed by atoms with Gasteiger partial charge in [-0.05, 0) is 29.7 Å². The first-order valence-corrected chi connectivity index (χ1v) is 9.78. The zero-order valence-electron chi connectivity index (χ0n) is 15.6. The Morgan fingerprint density at radius 1 is 1.04 bits per heavy atom. The molecule has 8 heteroatoms. The molecule has 28 heavy (non-hydrogen) atoms. The predicted octanol–water partition coefficient (Wildman–Crippen LogP) is 4.45. The minimum Gasteiger partial charge on any atom is -0.467 e. The zero-order chi connectivity index (χ0) is 19.3. The van der Waals surface area contributed by atoms with Crippen molar-refractivity contribution in [2.45, 2.75) is 12.8 Å². The number of nitrogens with one attached hydrogen (secondary N) is 2. The number of thiazole rings is 1. The van der Waals surface area contributed by atoms with Gasteiger partial charge in [-0.25, -0.2) is 4.98 Å². The van der Waals surface area contributed by atoms with Crippen molar-refractivity contribution >= 4 is 39.1 Å². The first kappa shape index (κ1) is 18.1. The molecule has 1 atom stereocenters. The second-order valence-corrected chi connectivity index (χ2v) is 7.21. The topological polar surface area (TPSA) is 84.9 Å². The maximum Gasteiger partial charge on any atom is 0.322 e.